The lowest BCUT2D eigenvalue weighted by Gasteiger charge is -2.27. The van der Waals surface area contributed by atoms with E-state index in [1.165, 1.54) is 11.3 Å². The van der Waals surface area contributed by atoms with Crippen LogP contribution in [0.1, 0.15) is 44.3 Å². The molecule has 148 valence electrons. The summed E-state index contributed by atoms with van der Waals surface area (Å²) in [5.74, 6) is 1.93. The zero-order valence-corrected chi connectivity index (χ0v) is 17.5. The lowest BCUT2D eigenvalue weighted by Crippen LogP contribution is -2.37. The van der Waals surface area contributed by atoms with Crippen molar-refractivity contribution in [3.8, 4) is 17.2 Å². The van der Waals surface area contributed by atoms with Crippen molar-refractivity contribution in [3.63, 3.8) is 0 Å². The Kier molecular flexibility index (Phi) is 7.91. The van der Waals surface area contributed by atoms with Crippen LogP contribution in [0.4, 0.5) is 0 Å². The van der Waals surface area contributed by atoms with Crippen LogP contribution in [0, 0.1) is 0 Å². The van der Waals surface area contributed by atoms with Crippen LogP contribution < -0.4 is 14.2 Å². The van der Waals surface area contributed by atoms with E-state index in [0.717, 1.165) is 17.1 Å². The highest BCUT2D eigenvalue weighted by Crippen LogP contribution is 2.37. The minimum atomic E-state index is 0.147. The maximum atomic E-state index is 12.2. The first kappa shape index (κ1) is 21.0. The number of thiazole rings is 1. The molecule has 1 amide bonds. The number of ether oxygens (including phenoxy) is 3. The van der Waals surface area contributed by atoms with E-state index in [2.05, 4.69) is 18.8 Å². The van der Waals surface area contributed by atoms with E-state index in [9.17, 15) is 4.79 Å². The van der Waals surface area contributed by atoms with E-state index < -0.39 is 0 Å². The van der Waals surface area contributed by atoms with E-state index in [1.54, 1.807) is 14.2 Å². The van der Waals surface area contributed by atoms with E-state index in [4.69, 9.17) is 14.2 Å². The number of aromatic nitrogens is 1. The minimum absolute atomic E-state index is 0.147. The molecule has 0 radical (unpaired) electrons. The number of hydrogen-bond donors (Lipinski definition) is 0. The highest BCUT2D eigenvalue weighted by Gasteiger charge is 2.19. The van der Waals surface area contributed by atoms with Crippen LogP contribution >= 0.6 is 11.3 Å². The van der Waals surface area contributed by atoms with Crippen LogP contribution in [-0.4, -0.2) is 36.1 Å². The molecular formula is C20H28N2O4S. The molecule has 0 unspecified atom stereocenters. The second-order valence-electron chi connectivity index (χ2n) is 6.15. The number of carbonyl (C=O) groups is 1. The van der Waals surface area contributed by atoms with E-state index in [1.807, 2.05) is 35.4 Å². The van der Waals surface area contributed by atoms with Crippen LogP contribution in [0.5, 0.6) is 17.2 Å². The second-order valence-corrected chi connectivity index (χ2v) is 7.09. The van der Waals surface area contributed by atoms with E-state index in [-0.39, 0.29) is 11.9 Å². The Bertz CT molecular complexity index is 725. The summed E-state index contributed by atoms with van der Waals surface area (Å²) in [6.45, 7) is 6.88. The van der Waals surface area contributed by atoms with Gasteiger partial charge in [-0.25, -0.2) is 4.98 Å². The maximum Gasteiger partial charge on any atom is 0.222 e. The molecule has 0 saturated heterocycles. The van der Waals surface area contributed by atoms with Crippen molar-refractivity contribution >= 4 is 17.2 Å². The zero-order chi connectivity index (χ0) is 19.8. The monoisotopic (exact) mass is 392 g/mol. The van der Waals surface area contributed by atoms with Gasteiger partial charge in [-0.15, -0.1) is 11.3 Å². The minimum Gasteiger partial charge on any atom is -0.493 e. The van der Waals surface area contributed by atoms with Gasteiger partial charge in [-0.05, 0) is 25.5 Å². The number of rotatable bonds is 10. The quantitative estimate of drug-likeness (QED) is 0.604. The van der Waals surface area contributed by atoms with Gasteiger partial charge in [0.25, 0.3) is 0 Å². The summed E-state index contributed by atoms with van der Waals surface area (Å²) < 4.78 is 16.6. The number of amides is 1. The number of methoxy groups -OCH3 is 2. The fraction of sp³-hybridized carbons (Fsp3) is 0.500. The van der Waals surface area contributed by atoms with Crippen molar-refractivity contribution in [3.05, 3.63) is 34.3 Å². The van der Waals surface area contributed by atoms with Gasteiger partial charge >= 0.3 is 0 Å². The van der Waals surface area contributed by atoms with Crippen LogP contribution in [0.15, 0.2) is 23.6 Å². The summed E-state index contributed by atoms with van der Waals surface area (Å²) in [4.78, 5) is 18.7. The van der Waals surface area contributed by atoms with Crippen LogP contribution in [0.3, 0.4) is 0 Å². The van der Waals surface area contributed by atoms with Crippen LogP contribution in [0.2, 0.25) is 0 Å². The van der Waals surface area contributed by atoms with Crippen LogP contribution in [-0.2, 0) is 17.9 Å². The van der Waals surface area contributed by atoms with Crippen molar-refractivity contribution in [2.24, 2.45) is 0 Å². The summed E-state index contributed by atoms with van der Waals surface area (Å²) in [6.07, 6.45) is 1.41. The molecule has 1 aromatic heterocycles. The van der Waals surface area contributed by atoms with E-state index in [0.29, 0.717) is 36.8 Å². The van der Waals surface area contributed by atoms with Crippen molar-refractivity contribution < 1.29 is 19.0 Å². The van der Waals surface area contributed by atoms with Gasteiger partial charge in [0.2, 0.25) is 11.7 Å². The lowest BCUT2D eigenvalue weighted by atomic mass is 10.2. The Morgan fingerprint density at radius 2 is 1.89 bits per heavy atom. The molecule has 1 atom stereocenters. The smallest absolute Gasteiger partial charge is 0.222 e. The van der Waals surface area contributed by atoms with Gasteiger partial charge in [0, 0.05) is 17.8 Å². The number of carbonyl (C=O) groups excluding carboxylic acids is 1. The van der Waals surface area contributed by atoms with Gasteiger partial charge in [-0.3, -0.25) is 4.79 Å². The lowest BCUT2D eigenvalue weighted by molar-refractivity contribution is -0.133. The van der Waals surface area contributed by atoms with Gasteiger partial charge in [0.05, 0.1) is 26.5 Å². The van der Waals surface area contributed by atoms with E-state index >= 15 is 0 Å². The molecule has 1 heterocycles. The fourth-order valence-electron chi connectivity index (χ4n) is 2.67. The molecule has 0 spiro atoms. The third-order valence-electron chi connectivity index (χ3n) is 4.40. The molecule has 0 aliphatic carbocycles. The molecule has 2 rings (SSSR count). The average Bonchev–Trinajstić information content (AvgIpc) is 3.16. The summed E-state index contributed by atoms with van der Waals surface area (Å²) in [5, 5.41) is 2.82. The third-order valence-corrected chi connectivity index (χ3v) is 5.27. The molecule has 1 aromatic carbocycles. The van der Waals surface area contributed by atoms with Crippen LogP contribution in [0.25, 0.3) is 0 Å². The molecule has 0 fully saturated rings. The standard InChI is InChI=1S/C20H28N2O4S/c1-6-14(3)22(19(23)7-2)11-15-13-27-18(21-15)12-26-20-16(24-4)9-8-10-17(20)25-5/h8-10,13-14H,6-7,11-12H2,1-5H3/t14-/m1/s1. The van der Waals surface area contributed by atoms with Crippen molar-refractivity contribution in [1.29, 1.82) is 0 Å². The molecule has 7 heteroatoms. The summed E-state index contributed by atoms with van der Waals surface area (Å²) in [5.41, 5.74) is 0.882. The largest absolute Gasteiger partial charge is 0.493 e. The Morgan fingerprint density at radius 1 is 1.22 bits per heavy atom. The predicted molar refractivity (Wildman–Crippen MR) is 107 cm³/mol. The second kappa shape index (κ2) is 10.2. The molecule has 0 bridgehead atoms. The normalized spacial score (nSPS) is 11.7. The molecule has 0 N–H and O–H groups in total. The van der Waals surface area contributed by atoms with Crippen molar-refractivity contribution in [2.75, 3.05) is 14.2 Å². The number of benzene rings is 1. The first-order chi connectivity index (χ1) is 13.0. The van der Waals surface area contributed by atoms with Gasteiger partial charge in [-0.2, -0.15) is 0 Å². The molecule has 6 nitrogen and oxygen atoms in total. The number of nitrogens with zero attached hydrogens (tertiary/aromatic N) is 2. The van der Waals surface area contributed by atoms with Gasteiger partial charge < -0.3 is 19.1 Å². The Hall–Kier alpha value is -2.28. The Labute approximate surface area is 165 Å². The van der Waals surface area contributed by atoms with Gasteiger partial charge in [-0.1, -0.05) is 19.9 Å². The van der Waals surface area contributed by atoms with Gasteiger partial charge in [0.1, 0.15) is 11.6 Å². The molecule has 2 aromatic rings. The molecule has 0 saturated carbocycles. The third kappa shape index (κ3) is 5.35. The number of hydrogen-bond acceptors (Lipinski definition) is 6. The Balaban J connectivity index is 2.07. The van der Waals surface area contributed by atoms with Crippen molar-refractivity contribution in [1.82, 2.24) is 9.88 Å². The SMILES string of the molecule is CCC(=O)N(Cc1csc(COc2c(OC)cccc2OC)n1)[C@H](C)CC. The molecular weight excluding hydrogens is 364 g/mol. The topological polar surface area (TPSA) is 60.9 Å². The number of para-hydroxylation sites is 1. The highest BCUT2D eigenvalue weighted by molar-refractivity contribution is 7.09. The molecule has 27 heavy (non-hydrogen) atoms. The fourth-order valence-corrected chi connectivity index (χ4v) is 3.37. The van der Waals surface area contributed by atoms with Crippen molar-refractivity contribution in [2.45, 2.75) is 52.8 Å². The summed E-state index contributed by atoms with van der Waals surface area (Å²) in [6, 6.07) is 5.69. The van der Waals surface area contributed by atoms with Gasteiger partial charge in [0.15, 0.2) is 11.5 Å². The average molecular weight is 393 g/mol. The summed E-state index contributed by atoms with van der Waals surface area (Å²) >= 11 is 1.52. The highest BCUT2D eigenvalue weighted by atomic mass is 32.1. The Morgan fingerprint density at radius 3 is 2.44 bits per heavy atom. The first-order valence-electron chi connectivity index (χ1n) is 9.10. The summed E-state index contributed by atoms with van der Waals surface area (Å²) in [7, 11) is 3.19. The maximum absolute atomic E-state index is 12.2. The molecule has 0 aliphatic heterocycles. The zero-order valence-electron chi connectivity index (χ0n) is 16.7. The molecule has 0 aliphatic rings. The first-order valence-corrected chi connectivity index (χ1v) is 9.98. The predicted octanol–water partition coefficient (Wildman–Crippen LogP) is 4.28.